The molecular weight excluding hydrogens is 358 g/mol. The van der Waals surface area contributed by atoms with Crippen molar-refractivity contribution in [2.75, 3.05) is 5.32 Å². The lowest BCUT2D eigenvalue weighted by molar-refractivity contribution is -0.116. The van der Waals surface area contributed by atoms with Crippen LogP contribution in [0.4, 0.5) is 5.69 Å². The third kappa shape index (κ3) is 3.24. The van der Waals surface area contributed by atoms with Gasteiger partial charge in [0.2, 0.25) is 5.91 Å². The largest absolute Gasteiger partial charge is 0.323 e. The van der Waals surface area contributed by atoms with Crippen molar-refractivity contribution in [2.45, 2.75) is 6.54 Å². The van der Waals surface area contributed by atoms with E-state index in [1.54, 1.807) is 17.6 Å². The molecule has 6 nitrogen and oxygen atoms in total. The molecule has 4 rings (SSSR count). The van der Waals surface area contributed by atoms with Crippen molar-refractivity contribution in [3.63, 3.8) is 0 Å². The number of amides is 1. The Morgan fingerprint density at radius 2 is 2.08 bits per heavy atom. The summed E-state index contributed by atoms with van der Waals surface area (Å²) in [7, 11) is 0. The van der Waals surface area contributed by atoms with Crippen LogP contribution in [0, 0.1) is 0 Å². The van der Waals surface area contributed by atoms with E-state index in [4.69, 9.17) is 11.6 Å². The Bertz CT molecular complexity index is 1030. The number of carbonyl (C=O) groups is 1. The van der Waals surface area contributed by atoms with Crippen LogP contribution in [0.3, 0.4) is 0 Å². The molecule has 3 aromatic heterocycles. The summed E-state index contributed by atoms with van der Waals surface area (Å²) >= 11 is 7.25. The zero-order chi connectivity index (χ0) is 17.2. The number of anilines is 1. The van der Waals surface area contributed by atoms with Gasteiger partial charge < -0.3 is 9.88 Å². The average Bonchev–Trinajstić information content (AvgIpc) is 3.25. The summed E-state index contributed by atoms with van der Waals surface area (Å²) in [6, 6.07) is 11.0. The highest BCUT2D eigenvalue weighted by atomic mass is 35.5. The third-order valence-electron chi connectivity index (χ3n) is 3.63. The minimum atomic E-state index is -0.177. The summed E-state index contributed by atoms with van der Waals surface area (Å²) in [6.45, 7) is 0.121. The van der Waals surface area contributed by atoms with Crippen LogP contribution in [0.5, 0.6) is 0 Å². The first-order valence-corrected chi connectivity index (χ1v) is 8.78. The fraction of sp³-hybridized carbons (Fsp3) is 0.0588. The van der Waals surface area contributed by atoms with Gasteiger partial charge in [-0.2, -0.15) is 0 Å². The molecule has 0 radical (unpaired) electrons. The first kappa shape index (κ1) is 15.7. The molecule has 124 valence electrons. The van der Waals surface area contributed by atoms with Crippen molar-refractivity contribution in [1.29, 1.82) is 0 Å². The van der Waals surface area contributed by atoms with Crippen molar-refractivity contribution < 1.29 is 4.79 Å². The van der Waals surface area contributed by atoms with E-state index in [1.807, 2.05) is 34.2 Å². The molecule has 0 aliphatic carbocycles. The number of imidazole rings is 1. The highest BCUT2D eigenvalue weighted by Gasteiger charge is 2.16. The lowest BCUT2D eigenvalue weighted by Gasteiger charge is -2.09. The Balaban J connectivity index is 1.67. The van der Waals surface area contributed by atoms with Gasteiger partial charge in [0, 0.05) is 5.38 Å². The van der Waals surface area contributed by atoms with Gasteiger partial charge in [-0.05, 0) is 24.3 Å². The van der Waals surface area contributed by atoms with Crippen LogP contribution in [0.2, 0.25) is 5.15 Å². The number of thiazole rings is 1. The van der Waals surface area contributed by atoms with Gasteiger partial charge in [-0.15, -0.1) is 11.3 Å². The van der Waals surface area contributed by atoms with Crippen LogP contribution in [-0.4, -0.2) is 25.4 Å². The predicted octanol–water partition coefficient (Wildman–Crippen LogP) is 3.85. The van der Waals surface area contributed by atoms with Gasteiger partial charge in [0.1, 0.15) is 17.4 Å². The van der Waals surface area contributed by atoms with E-state index < -0.39 is 0 Å². The normalized spacial score (nSPS) is 10.9. The Morgan fingerprint density at radius 3 is 2.84 bits per heavy atom. The molecule has 0 aliphatic heterocycles. The van der Waals surface area contributed by atoms with Crippen LogP contribution in [-0.2, 0) is 11.3 Å². The van der Waals surface area contributed by atoms with E-state index in [2.05, 4.69) is 20.3 Å². The Morgan fingerprint density at radius 1 is 1.20 bits per heavy atom. The lowest BCUT2D eigenvalue weighted by Crippen LogP contribution is -2.19. The SMILES string of the molecule is O=C(Cn1c(-c2cscn2)nc2ccccc21)Nc1ccc(Cl)nc1. The number of benzene rings is 1. The number of rotatable bonds is 4. The first-order chi connectivity index (χ1) is 12.2. The predicted molar refractivity (Wildman–Crippen MR) is 98.7 cm³/mol. The Labute approximate surface area is 152 Å². The first-order valence-electron chi connectivity index (χ1n) is 7.46. The maximum atomic E-state index is 12.5. The quantitative estimate of drug-likeness (QED) is 0.554. The van der Waals surface area contributed by atoms with E-state index in [1.165, 1.54) is 17.5 Å². The molecule has 4 aromatic rings. The number of nitrogens with one attached hydrogen (secondary N) is 1. The topological polar surface area (TPSA) is 72.7 Å². The van der Waals surface area contributed by atoms with Crippen molar-refractivity contribution in [3.8, 4) is 11.5 Å². The number of fused-ring (bicyclic) bond motifs is 1. The highest BCUT2D eigenvalue weighted by Crippen LogP contribution is 2.24. The molecular formula is C17H12ClN5OS. The van der Waals surface area contributed by atoms with Crippen LogP contribution in [0.15, 0.2) is 53.5 Å². The Hall–Kier alpha value is -2.77. The second-order valence-electron chi connectivity index (χ2n) is 5.30. The summed E-state index contributed by atoms with van der Waals surface area (Å²) < 4.78 is 1.86. The maximum Gasteiger partial charge on any atom is 0.244 e. The molecule has 0 saturated carbocycles. The molecule has 3 heterocycles. The number of nitrogens with zero attached hydrogens (tertiary/aromatic N) is 4. The van der Waals surface area contributed by atoms with Crippen molar-refractivity contribution in [3.05, 3.63) is 58.6 Å². The number of hydrogen-bond acceptors (Lipinski definition) is 5. The van der Waals surface area contributed by atoms with E-state index in [-0.39, 0.29) is 12.5 Å². The van der Waals surface area contributed by atoms with E-state index in [9.17, 15) is 4.79 Å². The minimum Gasteiger partial charge on any atom is -0.323 e. The van der Waals surface area contributed by atoms with Gasteiger partial charge in [0.05, 0.1) is 28.4 Å². The van der Waals surface area contributed by atoms with Crippen LogP contribution in [0.25, 0.3) is 22.6 Å². The molecule has 0 aliphatic rings. The smallest absolute Gasteiger partial charge is 0.244 e. The van der Waals surface area contributed by atoms with Crippen molar-refractivity contribution >= 4 is 45.6 Å². The van der Waals surface area contributed by atoms with Crippen LogP contribution in [0.1, 0.15) is 0 Å². The summed E-state index contributed by atoms with van der Waals surface area (Å²) in [5, 5.41) is 5.11. The van der Waals surface area contributed by atoms with Gasteiger partial charge in [-0.3, -0.25) is 4.79 Å². The van der Waals surface area contributed by atoms with E-state index >= 15 is 0 Å². The average molecular weight is 370 g/mol. The number of carbonyl (C=O) groups excluding carboxylic acids is 1. The van der Waals surface area contributed by atoms with Crippen LogP contribution < -0.4 is 5.32 Å². The molecule has 0 spiro atoms. The van der Waals surface area contributed by atoms with Gasteiger partial charge in [0.25, 0.3) is 0 Å². The van der Waals surface area contributed by atoms with Gasteiger partial charge in [-0.1, -0.05) is 23.7 Å². The van der Waals surface area contributed by atoms with Crippen molar-refractivity contribution in [2.24, 2.45) is 0 Å². The number of pyridine rings is 1. The summed E-state index contributed by atoms with van der Waals surface area (Å²) in [5.41, 5.74) is 4.80. The molecule has 1 aromatic carbocycles. The van der Waals surface area contributed by atoms with Crippen LogP contribution >= 0.6 is 22.9 Å². The lowest BCUT2D eigenvalue weighted by atomic mass is 10.3. The molecule has 1 N–H and O–H groups in total. The fourth-order valence-corrected chi connectivity index (χ4v) is 3.19. The molecule has 0 saturated heterocycles. The zero-order valence-electron chi connectivity index (χ0n) is 12.9. The molecule has 8 heteroatoms. The standard InChI is InChI=1S/C17H12ClN5OS/c18-15-6-5-11(7-19-15)21-16(24)8-23-14-4-2-1-3-12(14)22-17(23)13-9-25-10-20-13/h1-7,9-10H,8H2,(H,21,24). The highest BCUT2D eigenvalue weighted by molar-refractivity contribution is 7.07. The van der Waals surface area contributed by atoms with E-state index in [0.29, 0.717) is 16.7 Å². The molecule has 0 fully saturated rings. The van der Waals surface area contributed by atoms with Gasteiger partial charge in [-0.25, -0.2) is 15.0 Å². The molecule has 1 amide bonds. The minimum absolute atomic E-state index is 0.121. The summed E-state index contributed by atoms with van der Waals surface area (Å²) in [6.07, 6.45) is 1.52. The molecule has 0 unspecified atom stereocenters. The zero-order valence-corrected chi connectivity index (χ0v) is 14.5. The molecule has 0 atom stereocenters. The number of halogens is 1. The molecule has 0 bridgehead atoms. The number of hydrogen-bond donors (Lipinski definition) is 1. The Kier molecular flexibility index (Phi) is 4.17. The maximum absolute atomic E-state index is 12.5. The summed E-state index contributed by atoms with van der Waals surface area (Å²) in [5.74, 6) is 0.496. The fourth-order valence-electron chi connectivity index (χ4n) is 2.55. The second-order valence-corrected chi connectivity index (χ2v) is 6.41. The monoisotopic (exact) mass is 369 g/mol. The second kappa shape index (κ2) is 6.62. The third-order valence-corrected chi connectivity index (χ3v) is 4.44. The number of aromatic nitrogens is 4. The number of para-hydroxylation sites is 2. The van der Waals surface area contributed by atoms with E-state index in [0.717, 1.165) is 16.7 Å². The summed E-state index contributed by atoms with van der Waals surface area (Å²) in [4.78, 5) is 25.4. The molecule has 25 heavy (non-hydrogen) atoms. The van der Waals surface area contributed by atoms with Crippen molar-refractivity contribution in [1.82, 2.24) is 19.5 Å². The van der Waals surface area contributed by atoms with Gasteiger partial charge in [0.15, 0.2) is 5.82 Å². The van der Waals surface area contributed by atoms with Gasteiger partial charge >= 0.3 is 0 Å².